The summed E-state index contributed by atoms with van der Waals surface area (Å²) in [4.78, 5) is 7.69. The quantitative estimate of drug-likeness (QED) is 0.0948. The minimum atomic E-state index is -0.0397. The van der Waals surface area contributed by atoms with Crippen LogP contribution in [0.5, 0.6) is 0 Å². The Kier molecular flexibility index (Phi) is 13.7. The lowest BCUT2D eigenvalue weighted by Crippen LogP contribution is -2.61. The molecule has 3 nitrogen and oxygen atoms in total. The number of hydrogen-bond acceptors (Lipinski definition) is 3. The van der Waals surface area contributed by atoms with Gasteiger partial charge in [-0.2, -0.15) is 0 Å². The van der Waals surface area contributed by atoms with Gasteiger partial charge in [0.15, 0.2) is 0 Å². The van der Waals surface area contributed by atoms with Gasteiger partial charge in [0.05, 0.1) is 5.69 Å². The van der Waals surface area contributed by atoms with Gasteiger partial charge >= 0.3 is 0 Å². The molecule has 0 radical (unpaired) electrons. The van der Waals surface area contributed by atoms with Gasteiger partial charge in [-0.15, -0.1) is 0 Å². The molecule has 0 fully saturated rings. The van der Waals surface area contributed by atoms with E-state index in [0.717, 1.165) is 54.1 Å². The van der Waals surface area contributed by atoms with Crippen molar-refractivity contribution in [3.05, 3.63) is 229 Å². The van der Waals surface area contributed by atoms with Crippen molar-refractivity contribution in [3.8, 4) is 22.3 Å². The van der Waals surface area contributed by atoms with Crippen LogP contribution in [0.25, 0.3) is 22.3 Å². The van der Waals surface area contributed by atoms with E-state index in [4.69, 9.17) is 0 Å². The van der Waals surface area contributed by atoms with E-state index in [0.29, 0.717) is 0 Å². The van der Waals surface area contributed by atoms with Gasteiger partial charge in [0.25, 0.3) is 6.71 Å². The van der Waals surface area contributed by atoms with Crippen LogP contribution in [0.15, 0.2) is 206 Å². The van der Waals surface area contributed by atoms with Gasteiger partial charge < -0.3 is 14.7 Å². The third-order valence-electron chi connectivity index (χ3n) is 18.7. The molecule has 0 spiro atoms. The van der Waals surface area contributed by atoms with Crippen LogP contribution in [-0.2, 0) is 21.7 Å². The minimum absolute atomic E-state index is 0.0174. The molecule has 78 heavy (non-hydrogen) atoms. The topological polar surface area (TPSA) is 9.72 Å². The first-order valence-electron chi connectivity index (χ1n) is 28.9. The molecule has 2 heterocycles. The summed E-state index contributed by atoms with van der Waals surface area (Å²) < 4.78 is 0. The molecular weight excluding hydrogens is 942 g/mol. The molecule has 0 aromatic heterocycles. The first-order valence-corrected chi connectivity index (χ1v) is 28.9. The Balaban J connectivity index is 1.24. The average molecular weight is 1020 g/mol. The van der Waals surface area contributed by atoms with E-state index in [1.54, 1.807) is 0 Å². The van der Waals surface area contributed by atoms with Crippen LogP contribution in [-0.4, -0.2) is 6.71 Å². The van der Waals surface area contributed by atoms with Crippen molar-refractivity contribution < 1.29 is 0 Å². The van der Waals surface area contributed by atoms with E-state index in [1.165, 1.54) is 83.6 Å². The molecule has 11 rings (SSSR count). The van der Waals surface area contributed by atoms with Crippen LogP contribution in [0.3, 0.4) is 0 Å². The first-order chi connectivity index (χ1) is 37.5. The minimum Gasteiger partial charge on any atom is -0.311 e. The van der Waals surface area contributed by atoms with Crippen molar-refractivity contribution in [1.29, 1.82) is 0 Å². The second kappa shape index (κ2) is 20.3. The van der Waals surface area contributed by atoms with Crippen LogP contribution in [0.1, 0.15) is 131 Å². The Morgan fingerprint density at radius 1 is 0.321 bits per heavy atom. The second-order valence-corrected chi connectivity index (χ2v) is 24.8. The average Bonchev–Trinajstić information content (AvgIpc) is 3.47. The zero-order valence-corrected chi connectivity index (χ0v) is 48.4. The summed E-state index contributed by atoms with van der Waals surface area (Å²) in [6.07, 6.45) is 4.20. The highest BCUT2D eigenvalue weighted by Crippen LogP contribution is 2.50. The van der Waals surface area contributed by atoms with Crippen LogP contribution < -0.4 is 31.1 Å². The molecule has 0 N–H and O–H groups in total. The van der Waals surface area contributed by atoms with Crippen molar-refractivity contribution in [2.24, 2.45) is 0 Å². The van der Waals surface area contributed by atoms with Crippen molar-refractivity contribution in [2.45, 2.75) is 130 Å². The molecule has 2 aliphatic rings. The summed E-state index contributed by atoms with van der Waals surface area (Å²) in [5, 5.41) is 0. The van der Waals surface area contributed by atoms with Gasteiger partial charge in [0.2, 0.25) is 0 Å². The molecule has 4 heteroatoms. The predicted octanol–water partition coefficient (Wildman–Crippen LogP) is 19.3. The Labute approximate surface area is 467 Å². The Bertz CT molecular complexity index is 3360. The number of nitrogens with zero attached hydrogens (tertiary/aromatic N) is 3. The SMILES string of the molecule is CCC(C)(C)c1ccc(N2c3ccc(C(C)(C)CC)cc3B3c4cc(C(C)(C)CC)ccc4N(c4ccc(C(C)(C)CC)cc4)c4cc(N(c5ccc(-c6ccccc6)cc5)c5ccc(-c6ccccc6)cc5)cc2c43)cc1. The fourth-order valence-corrected chi connectivity index (χ4v) is 11.8. The summed E-state index contributed by atoms with van der Waals surface area (Å²) in [5.74, 6) is 0. The molecule has 9 aromatic carbocycles. The van der Waals surface area contributed by atoms with Crippen molar-refractivity contribution in [2.75, 3.05) is 14.7 Å². The number of hydrogen-bond donors (Lipinski definition) is 0. The van der Waals surface area contributed by atoms with Crippen LogP contribution in [0.4, 0.5) is 51.2 Å². The molecule has 0 aliphatic carbocycles. The molecule has 0 amide bonds. The summed E-state index contributed by atoms with van der Waals surface area (Å²) in [5.41, 5.74) is 24.7. The summed E-state index contributed by atoms with van der Waals surface area (Å²) in [6.45, 7) is 28.3. The second-order valence-electron chi connectivity index (χ2n) is 24.8. The summed E-state index contributed by atoms with van der Waals surface area (Å²) in [7, 11) is 0. The molecule has 392 valence electrons. The van der Waals surface area contributed by atoms with E-state index < -0.39 is 0 Å². The van der Waals surface area contributed by atoms with E-state index in [-0.39, 0.29) is 28.4 Å². The third kappa shape index (κ3) is 9.35. The van der Waals surface area contributed by atoms with E-state index in [9.17, 15) is 0 Å². The summed E-state index contributed by atoms with van der Waals surface area (Å²) >= 11 is 0. The molecule has 0 unspecified atom stereocenters. The fraction of sp³-hybridized carbons (Fsp3) is 0.270. The van der Waals surface area contributed by atoms with Gasteiger partial charge in [-0.25, -0.2) is 0 Å². The van der Waals surface area contributed by atoms with Gasteiger partial charge in [0.1, 0.15) is 0 Å². The van der Waals surface area contributed by atoms with Gasteiger partial charge in [-0.3, -0.25) is 0 Å². The highest BCUT2D eigenvalue weighted by atomic mass is 15.2. The molecule has 2 aliphatic heterocycles. The van der Waals surface area contributed by atoms with Crippen molar-refractivity contribution in [1.82, 2.24) is 0 Å². The molecule has 0 saturated carbocycles. The normalized spacial score (nSPS) is 13.3. The molecule has 0 atom stereocenters. The molecule has 0 saturated heterocycles. The van der Waals surface area contributed by atoms with Gasteiger partial charge in [-0.05, 0) is 181 Å². The zero-order valence-electron chi connectivity index (χ0n) is 48.4. The highest BCUT2D eigenvalue weighted by molar-refractivity contribution is 7.00. The lowest BCUT2D eigenvalue weighted by molar-refractivity contribution is 0.506. The van der Waals surface area contributed by atoms with E-state index in [1.807, 2.05) is 0 Å². The standard InChI is InChI=1S/C74H78BN3/c1-13-71(5,6)55-31-41-61(42-32-55)77-66-45-35-57(73(9,10)15-3)47-64(66)75-65-48-58(74(11,12)16-4)36-46-67(65)78(62-43-33-56(34-44-62)72(7,8)14-2)69-50-63(49-68(77)70(69)75)76(59-37-27-53(28-38-59)51-23-19-17-20-24-51)60-39-29-54(30-40-60)52-25-21-18-22-26-52/h17-50H,13-16H2,1-12H3. The van der Waals surface area contributed by atoms with Crippen LogP contribution in [0, 0.1) is 0 Å². The van der Waals surface area contributed by atoms with E-state index in [2.05, 4.69) is 304 Å². The monoisotopic (exact) mass is 1020 g/mol. The third-order valence-corrected chi connectivity index (χ3v) is 18.7. The van der Waals surface area contributed by atoms with Gasteiger partial charge in [0, 0.05) is 45.5 Å². The van der Waals surface area contributed by atoms with Crippen molar-refractivity contribution in [3.63, 3.8) is 0 Å². The smallest absolute Gasteiger partial charge is 0.252 e. The van der Waals surface area contributed by atoms with Crippen LogP contribution >= 0.6 is 0 Å². The predicted molar refractivity (Wildman–Crippen MR) is 339 cm³/mol. The van der Waals surface area contributed by atoms with Crippen molar-refractivity contribution >= 4 is 74.3 Å². The maximum absolute atomic E-state index is 2.60. The first kappa shape index (κ1) is 52.5. The largest absolute Gasteiger partial charge is 0.311 e. The Hall–Kier alpha value is -7.56. The highest BCUT2D eigenvalue weighted by Gasteiger charge is 2.45. The number of anilines is 9. The summed E-state index contributed by atoms with van der Waals surface area (Å²) in [6, 6.07) is 78.7. The van der Waals surface area contributed by atoms with Crippen LogP contribution in [0.2, 0.25) is 0 Å². The molecule has 9 aromatic rings. The molecular formula is C74H78BN3. The lowest BCUT2D eigenvalue weighted by Gasteiger charge is -2.46. The van der Waals surface area contributed by atoms with E-state index >= 15 is 0 Å². The number of benzene rings is 9. The lowest BCUT2D eigenvalue weighted by atomic mass is 9.33. The van der Waals surface area contributed by atoms with Gasteiger partial charge in [-0.1, -0.05) is 217 Å². The number of fused-ring (bicyclic) bond motifs is 4. The molecule has 0 bridgehead atoms. The zero-order chi connectivity index (χ0) is 54.7. The fourth-order valence-electron chi connectivity index (χ4n) is 11.8. The Morgan fingerprint density at radius 2 is 0.641 bits per heavy atom. The maximum atomic E-state index is 2.60. The Morgan fingerprint density at radius 3 is 0.987 bits per heavy atom. The number of rotatable bonds is 15. The maximum Gasteiger partial charge on any atom is 0.252 e.